The lowest BCUT2D eigenvalue weighted by atomic mass is 9.93. The third kappa shape index (κ3) is 4.42. The maximum Gasteiger partial charge on any atom is 0.333 e. The third-order valence-electron chi connectivity index (χ3n) is 3.22. The van der Waals surface area contributed by atoms with Crippen LogP contribution in [0, 0.1) is 0 Å². The second-order valence-corrected chi connectivity index (χ2v) is 4.73. The summed E-state index contributed by atoms with van der Waals surface area (Å²) < 4.78 is 11.0. The summed E-state index contributed by atoms with van der Waals surface area (Å²) in [6, 6.07) is -0.0197. The third-order valence-corrected chi connectivity index (χ3v) is 3.22. The number of hydrogen-bond donors (Lipinski definition) is 1. The Bertz CT molecular complexity index is 297. The van der Waals surface area contributed by atoms with E-state index in [0.717, 1.165) is 19.3 Å². The number of ether oxygens (including phenoxy) is 2. The van der Waals surface area contributed by atoms with Crippen LogP contribution in [0.3, 0.4) is 0 Å². The zero-order chi connectivity index (χ0) is 13.5. The van der Waals surface area contributed by atoms with Crippen molar-refractivity contribution in [3.8, 4) is 0 Å². The zero-order valence-electron chi connectivity index (χ0n) is 11.6. The Kier molecular flexibility index (Phi) is 6.36. The minimum atomic E-state index is -0.259. The molecule has 0 saturated heterocycles. The molecule has 1 aliphatic rings. The minimum Gasteiger partial charge on any atom is -0.463 e. The van der Waals surface area contributed by atoms with Crippen LogP contribution >= 0.6 is 0 Å². The average Bonchev–Trinajstić information content (AvgIpc) is 2.35. The fourth-order valence-electron chi connectivity index (χ4n) is 2.22. The van der Waals surface area contributed by atoms with Gasteiger partial charge in [-0.25, -0.2) is 4.79 Å². The number of nitrogens with two attached hydrogens (primary N) is 1. The van der Waals surface area contributed by atoms with Crippen LogP contribution in [-0.2, 0) is 14.3 Å². The molecule has 0 aliphatic heterocycles. The van der Waals surface area contributed by atoms with Crippen LogP contribution in [-0.4, -0.2) is 30.8 Å². The fourth-order valence-corrected chi connectivity index (χ4v) is 2.22. The average molecular weight is 255 g/mol. The van der Waals surface area contributed by atoms with E-state index < -0.39 is 0 Å². The first-order valence-corrected chi connectivity index (χ1v) is 6.89. The first-order chi connectivity index (χ1) is 8.60. The van der Waals surface area contributed by atoms with Crippen LogP contribution < -0.4 is 5.73 Å². The van der Waals surface area contributed by atoms with Gasteiger partial charge in [-0.1, -0.05) is 13.8 Å². The van der Waals surface area contributed by atoms with E-state index in [1.54, 1.807) is 6.92 Å². The summed E-state index contributed by atoms with van der Waals surface area (Å²) in [5.41, 5.74) is 6.64. The van der Waals surface area contributed by atoms with E-state index in [0.29, 0.717) is 18.6 Å². The van der Waals surface area contributed by atoms with Crippen molar-refractivity contribution in [2.24, 2.45) is 5.73 Å². The first kappa shape index (κ1) is 15.2. The largest absolute Gasteiger partial charge is 0.463 e. The first-order valence-electron chi connectivity index (χ1n) is 6.89. The van der Waals surface area contributed by atoms with E-state index in [1.807, 2.05) is 6.08 Å². The molecule has 0 aromatic heterocycles. The molecule has 4 heteroatoms. The van der Waals surface area contributed by atoms with Gasteiger partial charge in [0.25, 0.3) is 0 Å². The van der Waals surface area contributed by atoms with Gasteiger partial charge in [-0.3, -0.25) is 0 Å². The van der Waals surface area contributed by atoms with Gasteiger partial charge in [0.1, 0.15) is 0 Å². The lowest BCUT2D eigenvalue weighted by Crippen LogP contribution is -2.35. The highest BCUT2D eigenvalue weighted by molar-refractivity contribution is 5.88. The summed E-state index contributed by atoms with van der Waals surface area (Å²) in [6.45, 7) is 6.41. The molecule has 0 heterocycles. The van der Waals surface area contributed by atoms with Gasteiger partial charge in [-0.05, 0) is 38.7 Å². The van der Waals surface area contributed by atoms with Crippen molar-refractivity contribution in [1.82, 2.24) is 0 Å². The SMILES string of the molecule is CCOC(=O)C1=C[C@@H](OC(CC)CC)C[C@@H](N)C1. The zero-order valence-corrected chi connectivity index (χ0v) is 11.6. The summed E-state index contributed by atoms with van der Waals surface area (Å²) in [4.78, 5) is 11.7. The van der Waals surface area contributed by atoms with E-state index >= 15 is 0 Å². The van der Waals surface area contributed by atoms with Crippen LogP contribution in [0.4, 0.5) is 0 Å². The van der Waals surface area contributed by atoms with E-state index in [4.69, 9.17) is 15.2 Å². The Hall–Kier alpha value is -0.870. The topological polar surface area (TPSA) is 61.5 Å². The van der Waals surface area contributed by atoms with Gasteiger partial charge in [0.2, 0.25) is 0 Å². The summed E-state index contributed by atoms with van der Waals surface area (Å²) in [6.07, 6.45) is 5.38. The lowest BCUT2D eigenvalue weighted by Gasteiger charge is -2.28. The molecule has 0 bridgehead atoms. The smallest absolute Gasteiger partial charge is 0.333 e. The molecule has 0 saturated carbocycles. The van der Waals surface area contributed by atoms with Crippen molar-refractivity contribution in [2.45, 2.75) is 64.7 Å². The quantitative estimate of drug-likeness (QED) is 0.739. The second-order valence-electron chi connectivity index (χ2n) is 4.73. The number of carbonyl (C=O) groups excluding carboxylic acids is 1. The van der Waals surface area contributed by atoms with Crippen molar-refractivity contribution in [3.05, 3.63) is 11.6 Å². The van der Waals surface area contributed by atoms with Crippen LogP contribution in [0.2, 0.25) is 0 Å². The predicted octanol–water partition coefficient (Wildman–Crippen LogP) is 2.17. The fraction of sp³-hybridized carbons (Fsp3) is 0.786. The second kappa shape index (κ2) is 7.54. The van der Waals surface area contributed by atoms with Gasteiger partial charge < -0.3 is 15.2 Å². The van der Waals surface area contributed by atoms with E-state index in [9.17, 15) is 4.79 Å². The maximum atomic E-state index is 11.7. The van der Waals surface area contributed by atoms with Gasteiger partial charge in [0.15, 0.2) is 0 Å². The molecule has 2 N–H and O–H groups in total. The van der Waals surface area contributed by atoms with Gasteiger partial charge in [0.05, 0.1) is 18.8 Å². The Balaban J connectivity index is 2.67. The van der Waals surface area contributed by atoms with Crippen LogP contribution in [0.15, 0.2) is 11.6 Å². The molecular weight excluding hydrogens is 230 g/mol. The number of hydrogen-bond acceptors (Lipinski definition) is 4. The molecule has 0 unspecified atom stereocenters. The Morgan fingerprint density at radius 2 is 2.11 bits per heavy atom. The molecular formula is C14H25NO3. The van der Waals surface area contributed by atoms with Crippen molar-refractivity contribution < 1.29 is 14.3 Å². The molecule has 4 nitrogen and oxygen atoms in total. The van der Waals surface area contributed by atoms with Crippen LogP contribution in [0.5, 0.6) is 0 Å². The normalized spacial score (nSPS) is 23.9. The summed E-state index contributed by atoms with van der Waals surface area (Å²) in [7, 11) is 0. The molecule has 0 spiro atoms. The van der Waals surface area contributed by atoms with Crippen molar-refractivity contribution in [2.75, 3.05) is 6.61 Å². The van der Waals surface area contributed by atoms with Gasteiger partial charge in [-0.2, -0.15) is 0 Å². The van der Waals surface area contributed by atoms with Crippen LogP contribution in [0.25, 0.3) is 0 Å². The monoisotopic (exact) mass is 255 g/mol. The summed E-state index contributed by atoms with van der Waals surface area (Å²) in [5.74, 6) is -0.259. The number of rotatable bonds is 6. The van der Waals surface area contributed by atoms with E-state index in [2.05, 4.69) is 13.8 Å². The molecule has 0 aromatic carbocycles. The molecule has 18 heavy (non-hydrogen) atoms. The molecule has 0 radical (unpaired) electrons. The molecule has 104 valence electrons. The highest BCUT2D eigenvalue weighted by atomic mass is 16.5. The maximum absolute atomic E-state index is 11.7. The lowest BCUT2D eigenvalue weighted by molar-refractivity contribution is -0.139. The van der Waals surface area contributed by atoms with Gasteiger partial charge in [-0.15, -0.1) is 0 Å². The molecule has 0 amide bonds. The molecule has 1 rings (SSSR count). The Morgan fingerprint density at radius 1 is 1.44 bits per heavy atom. The predicted molar refractivity (Wildman–Crippen MR) is 71.2 cm³/mol. The molecule has 0 aromatic rings. The van der Waals surface area contributed by atoms with Crippen molar-refractivity contribution >= 4 is 5.97 Å². The van der Waals surface area contributed by atoms with Crippen molar-refractivity contribution in [1.29, 1.82) is 0 Å². The summed E-state index contributed by atoms with van der Waals surface area (Å²) >= 11 is 0. The highest BCUT2D eigenvalue weighted by Gasteiger charge is 2.26. The number of carbonyl (C=O) groups is 1. The highest BCUT2D eigenvalue weighted by Crippen LogP contribution is 2.23. The van der Waals surface area contributed by atoms with E-state index in [1.165, 1.54) is 0 Å². The van der Waals surface area contributed by atoms with Crippen LogP contribution in [0.1, 0.15) is 46.5 Å². The van der Waals surface area contributed by atoms with Crippen molar-refractivity contribution in [3.63, 3.8) is 0 Å². The molecule has 1 aliphatic carbocycles. The Labute approximate surface area is 110 Å². The van der Waals surface area contributed by atoms with Gasteiger partial charge in [0, 0.05) is 11.6 Å². The molecule has 0 fully saturated rings. The molecule has 2 atom stereocenters. The standard InChI is InChI=1S/C14H25NO3/c1-4-12(5-2)18-13-8-10(7-11(15)9-13)14(16)17-6-3/h8,11-13H,4-7,9,15H2,1-3H3/t11-,13+/m0/s1. The minimum absolute atomic E-state index is 0.0197. The summed E-state index contributed by atoms with van der Waals surface area (Å²) in [5, 5.41) is 0. The van der Waals surface area contributed by atoms with Gasteiger partial charge >= 0.3 is 5.97 Å². The van der Waals surface area contributed by atoms with E-state index in [-0.39, 0.29) is 24.2 Å². The Morgan fingerprint density at radius 3 is 2.67 bits per heavy atom. The number of esters is 1.